The Balaban J connectivity index is 2.27. The highest BCUT2D eigenvalue weighted by Crippen LogP contribution is 2.26. The molecule has 4 nitrogen and oxygen atoms in total. The standard InChI is InChI=1S/C10H7ClFN3O/c11-7-2-1-3-8(9(7)12)16-10-14-4-6(13)5-15-10/h1-5H,13H2. The van der Waals surface area contributed by atoms with E-state index in [9.17, 15) is 4.39 Å². The second kappa shape index (κ2) is 4.32. The summed E-state index contributed by atoms with van der Waals surface area (Å²) >= 11 is 5.59. The van der Waals surface area contributed by atoms with E-state index in [0.29, 0.717) is 5.69 Å². The van der Waals surface area contributed by atoms with Crippen LogP contribution < -0.4 is 10.5 Å². The van der Waals surface area contributed by atoms with E-state index in [1.807, 2.05) is 0 Å². The number of hydrogen-bond donors (Lipinski definition) is 1. The topological polar surface area (TPSA) is 61.0 Å². The van der Waals surface area contributed by atoms with Crippen molar-refractivity contribution in [2.45, 2.75) is 0 Å². The summed E-state index contributed by atoms with van der Waals surface area (Å²) < 4.78 is 18.5. The van der Waals surface area contributed by atoms with Gasteiger partial charge in [0.1, 0.15) is 0 Å². The molecule has 0 radical (unpaired) electrons. The van der Waals surface area contributed by atoms with Gasteiger partial charge in [-0.15, -0.1) is 0 Å². The first kappa shape index (κ1) is 10.6. The van der Waals surface area contributed by atoms with Gasteiger partial charge in [-0.3, -0.25) is 0 Å². The fourth-order valence-corrected chi connectivity index (χ4v) is 1.21. The molecule has 2 N–H and O–H groups in total. The summed E-state index contributed by atoms with van der Waals surface area (Å²) in [5, 5.41) is -0.0204. The smallest absolute Gasteiger partial charge is 0.322 e. The highest BCUT2D eigenvalue weighted by molar-refractivity contribution is 6.30. The van der Waals surface area contributed by atoms with E-state index in [2.05, 4.69) is 9.97 Å². The SMILES string of the molecule is Nc1cnc(Oc2cccc(Cl)c2F)nc1. The number of ether oxygens (including phenoxy) is 1. The Kier molecular flexibility index (Phi) is 2.87. The fourth-order valence-electron chi connectivity index (χ4n) is 1.04. The summed E-state index contributed by atoms with van der Waals surface area (Å²) in [5.74, 6) is -0.679. The van der Waals surface area contributed by atoms with E-state index < -0.39 is 5.82 Å². The molecule has 0 aliphatic carbocycles. The van der Waals surface area contributed by atoms with Crippen LogP contribution in [0.2, 0.25) is 5.02 Å². The molecule has 2 aromatic rings. The predicted octanol–water partition coefficient (Wildman–Crippen LogP) is 2.64. The maximum atomic E-state index is 13.4. The number of benzene rings is 1. The summed E-state index contributed by atoms with van der Waals surface area (Å²) in [4.78, 5) is 7.55. The van der Waals surface area contributed by atoms with E-state index in [1.54, 1.807) is 6.07 Å². The van der Waals surface area contributed by atoms with Crippen LogP contribution in [0.3, 0.4) is 0 Å². The van der Waals surface area contributed by atoms with Gasteiger partial charge in [0.05, 0.1) is 23.1 Å². The summed E-state index contributed by atoms with van der Waals surface area (Å²) in [5.41, 5.74) is 5.80. The van der Waals surface area contributed by atoms with Gasteiger partial charge in [0, 0.05) is 0 Å². The lowest BCUT2D eigenvalue weighted by Crippen LogP contribution is -1.95. The van der Waals surface area contributed by atoms with Crippen LogP contribution >= 0.6 is 11.6 Å². The number of anilines is 1. The molecule has 0 saturated heterocycles. The van der Waals surface area contributed by atoms with Gasteiger partial charge in [0.25, 0.3) is 0 Å². The van der Waals surface area contributed by atoms with Crippen molar-refractivity contribution in [3.05, 3.63) is 41.4 Å². The average molecular weight is 240 g/mol. The number of halogens is 2. The van der Waals surface area contributed by atoms with Crippen molar-refractivity contribution in [3.8, 4) is 11.8 Å². The second-order valence-corrected chi connectivity index (χ2v) is 3.36. The molecule has 0 spiro atoms. The molecule has 82 valence electrons. The van der Waals surface area contributed by atoms with Crippen molar-refractivity contribution in [1.82, 2.24) is 9.97 Å². The lowest BCUT2D eigenvalue weighted by atomic mass is 10.3. The molecule has 1 aromatic heterocycles. The molecular weight excluding hydrogens is 233 g/mol. The fraction of sp³-hybridized carbons (Fsp3) is 0. The molecule has 0 aliphatic heterocycles. The van der Waals surface area contributed by atoms with Gasteiger partial charge in [-0.2, -0.15) is 0 Å². The third kappa shape index (κ3) is 2.20. The van der Waals surface area contributed by atoms with Crippen molar-refractivity contribution < 1.29 is 9.13 Å². The number of rotatable bonds is 2. The molecule has 0 unspecified atom stereocenters. The summed E-state index contributed by atoms with van der Waals surface area (Å²) in [6, 6.07) is 4.43. The number of aromatic nitrogens is 2. The highest BCUT2D eigenvalue weighted by atomic mass is 35.5. The molecule has 0 atom stereocenters. The van der Waals surface area contributed by atoms with Gasteiger partial charge in [-0.1, -0.05) is 17.7 Å². The van der Waals surface area contributed by atoms with Crippen LogP contribution in [0.1, 0.15) is 0 Å². The van der Waals surface area contributed by atoms with E-state index in [4.69, 9.17) is 22.1 Å². The van der Waals surface area contributed by atoms with Crippen molar-refractivity contribution >= 4 is 17.3 Å². The lowest BCUT2D eigenvalue weighted by molar-refractivity contribution is 0.411. The van der Waals surface area contributed by atoms with E-state index >= 15 is 0 Å². The van der Waals surface area contributed by atoms with Crippen molar-refractivity contribution in [3.63, 3.8) is 0 Å². The van der Waals surface area contributed by atoms with Gasteiger partial charge < -0.3 is 10.5 Å². The zero-order valence-electron chi connectivity index (χ0n) is 8.02. The number of nitrogen functional groups attached to an aromatic ring is 1. The van der Waals surface area contributed by atoms with Crippen LogP contribution in [0.5, 0.6) is 11.8 Å². The molecule has 2 rings (SSSR count). The Morgan fingerprint density at radius 3 is 2.62 bits per heavy atom. The first-order valence-electron chi connectivity index (χ1n) is 4.36. The second-order valence-electron chi connectivity index (χ2n) is 2.95. The van der Waals surface area contributed by atoms with Crippen molar-refractivity contribution in [2.75, 3.05) is 5.73 Å². The van der Waals surface area contributed by atoms with Crippen LogP contribution in [0, 0.1) is 5.82 Å². The minimum atomic E-state index is -0.649. The minimum Gasteiger partial charge on any atom is -0.421 e. The van der Waals surface area contributed by atoms with E-state index in [1.165, 1.54) is 24.5 Å². The van der Waals surface area contributed by atoms with E-state index in [0.717, 1.165) is 0 Å². The zero-order valence-corrected chi connectivity index (χ0v) is 8.78. The number of nitrogens with two attached hydrogens (primary N) is 1. The van der Waals surface area contributed by atoms with Gasteiger partial charge in [-0.05, 0) is 12.1 Å². The zero-order chi connectivity index (χ0) is 11.5. The molecule has 0 fully saturated rings. The summed E-state index contributed by atoms with van der Waals surface area (Å²) in [7, 11) is 0. The maximum absolute atomic E-state index is 13.4. The average Bonchev–Trinajstić information content (AvgIpc) is 2.28. The van der Waals surface area contributed by atoms with Gasteiger partial charge in [0.2, 0.25) is 0 Å². The van der Waals surface area contributed by atoms with Crippen LogP contribution in [-0.4, -0.2) is 9.97 Å². The Morgan fingerprint density at radius 1 is 1.25 bits per heavy atom. The first-order chi connectivity index (χ1) is 7.66. The van der Waals surface area contributed by atoms with E-state index in [-0.39, 0.29) is 16.8 Å². The van der Waals surface area contributed by atoms with Crippen LogP contribution in [0.25, 0.3) is 0 Å². The minimum absolute atomic E-state index is 0.00960. The van der Waals surface area contributed by atoms with Crippen LogP contribution in [0.4, 0.5) is 10.1 Å². The number of hydrogen-bond acceptors (Lipinski definition) is 4. The Labute approximate surface area is 95.9 Å². The van der Waals surface area contributed by atoms with Crippen molar-refractivity contribution in [2.24, 2.45) is 0 Å². The molecule has 0 amide bonds. The highest BCUT2D eigenvalue weighted by Gasteiger charge is 2.09. The Hall–Kier alpha value is -1.88. The molecular formula is C10H7ClFN3O. The monoisotopic (exact) mass is 239 g/mol. The van der Waals surface area contributed by atoms with Gasteiger partial charge in [-0.25, -0.2) is 14.4 Å². The summed E-state index contributed by atoms with van der Waals surface area (Å²) in [6.07, 6.45) is 2.73. The molecule has 0 aliphatic rings. The molecule has 0 bridgehead atoms. The third-order valence-electron chi connectivity index (χ3n) is 1.77. The largest absolute Gasteiger partial charge is 0.421 e. The van der Waals surface area contributed by atoms with Gasteiger partial charge >= 0.3 is 6.01 Å². The molecule has 16 heavy (non-hydrogen) atoms. The quantitative estimate of drug-likeness (QED) is 0.875. The maximum Gasteiger partial charge on any atom is 0.322 e. The Bertz CT molecular complexity index is 504. The van der Waals surface area contributed by atoms with Crippen LogP contribution in [0.15, 0.2) is 30.6 Å². The molecule has 1 heterocycles. The van der Waals surface area contributed by atoms with Gasteiger partial charge in [0.15, 0.2) is 11.6 Å². The number of nitrogens with zero attached hydrogens (tertiary/aromatic N) is 2. The molecule has 1 aromatic carbocycles. The summed E-state index contributed by atoms with van der Waals surface area (Å²) in [6.45, 7) is 0. The van der Waals surface area contributed by atoms with Crippen LogP contribution in [-0.2, 0) is 0 Å². The molecule has 6 heteroatoms. The predicted molar refractivity (Wildman–Crippen MR) is 57.9 cm³/mol. The first-order valence-corrected chi connectivity index (χ1v) is 4.74. The molecule has 0 saturated carbocycles. The van der Waals surface area contributed by atoms with Crippen molar-refractivity contribution in [1.29, 1.82) is 0 Å². The Morgan fingerprint density at radius 2 is 1.94 bits per heavy atom. The third-order valence-corrected chi connectivity index (χ3v) is 2.06. The normalized spacial score (nSPS) is 10.1. The lowest BCUT2D eigenvalue weighted by Gasteiger charge is -2.05.